The molecule has 46 heavy (non-hydrogen) atoms. The second-order valence-electron chi connectivity index (χ2n) is 10.6. The molecule has 14 nitrogen and oxygen atoms in total. The van der Waals surface area contributed by atoms with E-state index in [1.54, 1.807) is 24.1 Å². The SMILES string of the molecule is C/C=C\C(=O)NCC(=O)N1CCN(Cc2cc3c(N4CCOCC4)nc(-c4cnc(NC(=O)OC)cc4C(F)(F)F)nn3c2)CC1. The van der Waals surface area contributed by atoms with Gasteiger partial charge in [-0.25, -0.2) is 19.3 Å². The number of fused-ring (bicyclic) bond motifs is 1. The Morgan fingerprint density at radius 1 is 1.09 bits per heavy atom. The van der Waals surface area contributed by atoms with Crippen LogP contribution >= 0.6 is 0 Å². The van der Waals surface area contributed by atoms with E-state index >= 15 is 0 Å². The summed E-state index contributed by atoms with van der Waals surface area (Å²) in [5.74, 6) is -0.543. The second kappa shape index (κ2) is 14.1. The standard InChI is InChI=1S/C29H34F3N9O5/c1-3-4-24(42)34-16-25(43)39-7-5-38(6-8-39)17-19-13-22-27(40-9-11-46-12-10-40)36-26(37-41(22)18-19)20-15-33-23(35-28(44)45-2)14-21(20)29(30,31)32/h3-4,13-15,18H,5-12,16-17H2,1-2H3,(H,34,42)(H,33,35,44)/b4-3-. The summed E-state index contributed by atoms with van der Waals surface area (Å²) in [7, 11) is 1.09. The third kappa shape index (κ3) is 7.71. The van der Waals surface area contributed by atoms with Gasteiger partial charge in [-0.3, -0.25) is 19.8 Å². The summed E-state index contributed by atoms with van der Waals surface area (Å²) >= 11 is 0. The van der Waals surface area contributed by atoms with Gasteiger partial charge in [0.2, 0.25) is 11.8 Å². The number of morpholine rings is 1. The highest BCUT2D eigenvalue weighted by atomic mass is 19.4. The molecule has 3 aromatic heterocycles. The molecular weight excluding hydrogens is 611 g/mol. The molecule has 3 aromatic rings. The lowest BCUT2D eigenvalue weighted by atomic mass is 10.1. The molecule has 0 atom stereocenters. The maximum absolute atomic E-state index is 14.2. The monoisotopic (exact) mass is 645 g/mol. The van der Waals surface area contributed by atoms with Gasteiger partial charge in [0.1, 0.15) is 11.3 Å². The van der Waals surface area contributed by atoms with Crippen molar-refractivity contribution in [3.05, 3.63) is 47.8 Å². The zero-order chi connectivity index (χ0) is 32.8. The molecule has 2 fully saturated rings. The molecule has 0 aliphatic carbocycles. The van der Waals surface area contributed by atoms with Crippen LogP contribution in [0.5, 0.6) is 0 Å². The topological polar surface area (TPSA) is 147 Å². The van der Waals surface area contributed by atoms with Crippen LogP contribution in [0.4, 0.5) is 29.6 Å². The highest BCUT2D eigenvalue weighted by Gasteiger charge is 2.36. The van der Waals surface area contributed by atoms with Crippen molar-refractivity contribution in [2.75, 3.05) is 76.4 Å². The molecule has 0 bridgehead atoms. The fourth-order valence-corrected chi connectivity index (χ4v) is 5.24. The van der Waals surface area contributed by atoms with Crippen LogP contribution in [0, 0.1) is 0 Å². The van der Waals surface area contributed by atoms with Gasteiger partial charge in [-0.05, 0) is 30.7 Å². The largest absolute Gasteiger partial charge is 0.453 e. The van der Waals surface area contributed by atoms with Gasteiger partial charge >= 0.3 is 12.3 Å². The number of nitrogens with zero attached hydrogens (tertiary/aromatic N) is 7. The minimum atomic E-state index is -4.80. The molecule has 0 unspecified atom stereocenters. The second-order valence-corrected chi connectivity index (χ2v) is 10.6. The number of amides is 3. The van der Waals surface area contributed by atoms with Crippen LogP contribution in [0.15, 0.2) is 36.7 Å². The third-order valence-corrected chi connectivity index (χ3v) is 7.54. The first-order chi connectivity index (χ1) is 22.0. The van der Waals surface area contributed by atoms with Gasteiger partial charge in [-0.2, -0.15) is 13.2 Å². The summed E-state index contributed by atoms with van der Waals surface area (Å²) in [4.78, 5) is 50.1. The number of hydrogen-bond acceptors (Lipinski definition) is 10. The Morgan fingerprint density at radius 3 is 2.50 bits per heavy atom. The number of carbonyl (C=O) groups excluding carboxylic acids is 3. The molecular formula is C29H34F3N9O5. The summed E-state index contributed by atoms with van der Waals surface area (Å²) in [6.07, 6.45) is -0.0611. The predicted octanol–water partition coefficient (Wildman–Crippen LogP) is 2.16. The Morgan fingerprint density at radius 2 is 1.83 bits per heavy atom. The lowest BCUT2D eigenvalue weighted by Crippen LogP contribution is -2.50. The normalized spacial score (nSPS) is 16.2. The van der Waals surface area contributed by atoms with Crippen molar-refractivity contribution in [3.8, 4) is 11.4 Å². The number of rotatable bonds is 8. The van der Waals surface area contributed by atoms with Gasteiger partial charge in [0.05, 0.1) is 38.0 Å². The van der Waals surface area contributed by atoms with E-state index in [4.69, 9.17) is 4.74 Å². The number of halogens is 3. The number of carbonyl (C=O) groups is 3. The number of piperazine rings is 1. The van der Waals surface area contributed by atoms with E-state index in [2.05, 4.69) is 35.3 Å². The van der Waals surface area contributed by atoms with Gasteiger partial charge in [0.15, 0.2) is 11.6 Å². The number of allylic oxidation sites excluding steroid dienone is 1. The highest BCUT2D eigenvalue weighted by Crippen LogP contribution is 2.38. The van der Waals surface area contributed by atoms with Crippen LogP contribution in [0.3, 0.4) is 0 Å². The smallest absolute Gasteiger partial charge is 0.417 e. The Balaban J connectivity index is 1.39. The molecule has 2 saturated heterocycles. The quantitative estimate of drug-likeness (QED) is 0.350. The van der Waals surface area contributed by atoms with Crippen molar-refractivity contribution in [1.29, 1.82) is 0 Å². The Kier molecular flexibility index (Phi) is 10.0. The third-order valence-electron chi connectivity index (χ3n) is 7.54. The number of hydrogen-bond donors (Lipinski definition) is 2. The number of aromatic nitrogens is 4. The van der Waals surface area contributed by atoms with Crippen LogP contribution in [0.2, 0.25) is 0 Å². The van der Waals surface area contributed by atoms with Crippen molar-refractivity contribution < 1.29 is 37.0 Å². The molecule has 246 valence electrons. The van der Waals surface area contributed by atoms with Gasteiger partial charge in [0, 0.05) is 58.2 Å². The van der Waals surface area contributed by atoms with E-state index in [-0.39, 0.29) is 35.6 Å². The molecule has 2 aliphatic rings. The summed E-state index contributed by atoms with van der Waals surface area (Å²) in [6.45, 7) is 6.19. The molecule has 0 radical (unpaired) electrons. The minimum absolute atomic E-state index is 0.0739. The van der Waals surface area contributed by atoms with Crippen molar-refractivity contribution >= 4 is 35.1 Å². The van der Waals surface area contributed by atoms with Gasteiger partial charge in [-0.15, -0.1) is 5.10 Å². The summed E-state index contributed by atoms with van der Waals surface area (Å²) in [6, 6.07) is 2.63. The molecule has 3 amide bonds. The lowest BCUT2D eigenvalue weighted by molar-refractivity contribution is -0.137. The summed E-state index contributed by atoms with van der Waals surface area (Å²) in [5, 5.41) is 9.19. The first kappa shape index (κ1) is 32.6. The molecule has 2 N–H and O–H groups in total. The zero-order valence-corrected chi connectivity index (χ0v) is 25.3. The van der Waals surface area contributed by atoms with Crippen LogP contribution in [-0.4, -0.2) is 113 Å². The number of anilines is 2. The van der Waals surface area contributed by atoms with Gasteiger partial charge < -0.3 is 24.6 Å². The minimum Gasteiger partial charge on any atom is -0.453 e. The average Bonchev–Trinajstić information content (AvgIpc) is 3.46. The molecule has 0 spiro atoms. The van der Waals surface area contributed by atoms with Crippen molar-refractivity contribution in [2.45, 2.75) is 19.6 Å². The average molecular weight is 646 g/mol. The zero-order valence-electron chi connectivity index (χ0n) is 25.3. The van der Waals surface area contributed by atoms with Crippen LogP contribution in [0.1, 0.15) is 18.1 Å². The molecule has 2 aliphatic heterocycles. The Labute approximate surface area is 262 Å². The van der Waals surface area contributed by atoms with Crippen molar-refractivity contribution in [1.82, 2.24) is 34.7 Å². The fraction of sp³-hybridized carbons (Fsp3) is 0.448. The van der Waals surface area contributed by atoms with Gasteiger partial charge in [0.25, 0.3) is 0 Å². The molecule has 5 rings (SSSR count). The Hall–Kier alpha value is -4.77. The van der Waals surface area contributed by atoms with E-state index in [1.807, 2.05) is 11.0 Å². The molecule has 0 aromatic carbocycles. The Bertz CT molecular complexity index is 1610. The molecule has 0 saturated carbocycles. The van der Waals surface area contributed by atoms with E-state index in [0.717, 1.165) is 24.9 Å². The van der Waals surface area contributed by atoms with Crippen molar-refractivity contribution in [2.24, 2.45) is 0 Å². The molecule has 17 heteroatoms. The van der Waals surface area contributed by atoms with Crippen LogP contribution < -0.4 is 15.5 Å². The number of alkyl halides is 3. The number of ether oxygens (including phenoxy) is 2. The maximum Gasteiger partial charge on any atom is 0.417 e. The molecule has 5 heterocycles. The number of methoxy groups -OCH3 is 1. The van der Waals surface area contributed by atoms with E-state index in [1.165, 1.54) is 10.6 Å². The summed E-state index contributed by atoms with van der Waals surface area (Å²) in [5.41, 5.74) is 0.0719. The first-order valence-electron chi connectivity index (χ1n) is 14.6. The van der Waals surface area contributed by atoms with E-state index < -0.39 is 17.8 Å². The summed E-state index contributed by atoms with van der Waals surface area (Å²) < 4.78 is 54.2. The fourth-order valence-electron chi connectivity index (χ4n) is 5.24. The van der Waals surface area contributed by atoms with Gasteiger partial charge in [-0.1, -0.05) is 6.08 Å². The van der Waals surface area contributed by atoms with Crippen molar-refractivity contribution in [3.63, 3.8) is 0 Å². The lowest BCUT2D eigenvalue weighted by Gasteiger charge is -2.34. The highest BCUT2D eigenvalue weighted by molar-refractivity contribution is 5.91. The predicted molar refractivity (Wildman–Crippen MR) is 160 cm³/mol. The maximum atomic E-state index is 14.2. The van der Waals surface area contributed by atoms with E-state index in [9.17, 15) is 27.6 Å². The van der Waals surface area contributed by atoms with E-state index in [0.29, 0.717) is 70.4 Å². The first-order valence-corrected chi connectivity index (χ1v) is 14.6. The van der Waals surface area contributed by atoms with Crippen LogP contribution in [0.25, 0.3) is 16.9 Å². The number of nitrogens with one attached hydrogen (secondary N) is 2. The van der Waals surface area contributed by atoms with Crippen LogP contribution in [-0.2, 0) is 31.8 Å². The number of pyridine rings is 1.